The molecule has 8 heteroatoms. The number of carbonyl (C=O) groups is 1. The van der Waals surface area contributed by atoms with Gasteiger partial charge in [-0.3, -0.25) is 4.79 Å². The van der Waals surface area contributed by atoms with Crippen LogP contribution in [0.15, 0.2) is 18.2 Å². The Hall–Kier alpha value is -1.37. The first-order valence-electron chi connectivity index (χ1n) is 4.50. The van der Waals surface area contributed by atoms with Crippen molar-refractivity contribution in [3.8, 4) is 5.75 Å². The van der Waals surface area contributed by atoms with E-state index in [1.807, 2.05) is 0 Å². The van der Waals surface area contributed by atoms with Crippen molar-refractivity contribution < 1.29 is 31.5 Å². The van der Waals surface area contributed by atoms with Crippen molar-refractivity contribution in [3.05, 3.63) is 28.8 Å². The molecule has 0 N–H and O–H groups in total. The van der Waals surface area contributed by atoms with Gasteiger partial charge in [-0.25, -0.2) is 0 Å². The van der Waals surface area contributed by atoms with Gasteiger partial charge in [0.25, 0.3) is 0 Å². The molecule has 0 fully saturated rings. The van der Waals surface area contributed by atoms with Crippen LogP contribution in [0.5, 0.6) is 5.75 Å². The molecule has 1 rings (SSSR count). The summed E-state index contributed by atoms with van der Waals surface area (Å²) in [6.45, 7) is -1.94. The Labute approximate surface area is 103 Å². The number of halogens is 6. The lowest BCUT2D eigenvalue weighted by Crippen LogP contribution is -2.41. The monoisotopic (exact) mass is 288 g/mol. The second-order valence-electron chi connectivity index (χ2n) is 3.27. The fourth-order valence-electron chi connectivity index (χ4n) is 1.02. The topological polar surface area (TPSA) is 26.3 Å². The number of carbonyl (C=O) groups excluding carboxylic acids is 1. The van der Waals surface area contributed by atoms with E-state index < -0.39 is 24.5 Å². The highest BCUT2D eigenvalue weighted by Crippen LogP contribution is 2.37. The Morgan fingerprint density at radius 2 is 1.83 bits per heavy atom. The molecule has 0 aromatic heterocycles. The Bertz CT molecular complexity index is 444. The van der Waals surface area contributed by atoms with Crippen molar-refractivity contribution in [2.75, 3.05) is 6.61 Å². The van der Waals surface area contributed by atoms with E-state index in [-0.39, 0.29) is 16.9 Å². The summed E-state index contributed by atoms with van der Waals surface area (Å²) >= 11 is 5.54. The van der Waals surface area contributed by atoms with Crippen molar-refractivity contribution in [2.24, 2.45) is 0 Å². The fourth-order valence-corrected chi connectivity index (χ4v) is 1.25. The quantitative estimate of drug-likeness (QED) is 0.623. The molecule has 0 saturated heterocycles. The summed E-state index contributed by atoms with van der Waals surface area (Å²) in [6.07, 6.45) is -5.48. The number of hydrogen-bond donors (Lipinski definition) is 0. The fraction of sp³-hybridized carbons (Fsp3) is 0.300. The van der Waals surface area contributed by atoms with Crippen LogP contribution < -0.4 is 4.74 Å². The van der Waals surface area contributed by atoms with Gasteiger partial charge in [-0.05, 0) is 12.1 Å². The van der Waals surface area contributed by atoms with Gasteiger partial charge >= 0.3 is 12.1 Å². The summed E-state index contributed by atoms with van der Waals surface area (Å²) in [4.78, 5) is 10.6. The molecule has 0 spiro atoms. The van der Waals surface area contributed by atoms with E-state index in [1.165, 1.54) is 18.2 Å². The molecule has 18 heavy (non-hydrogen) atoms. The maximum atomic E-state index is 12.6. The first-order valence-corrected chi connectivity index (χ1v) is 4.88. The predicted octanol–water partition coefficient (Wildman–Crippen LogP) is 3.73. The Kier molecular flexibility index (Phi) is 4.16. The van der Waals surface area contributed by atoms with Gasteiger partial charge in [-0.1, -0.05) is 17.7 Å². The summed E-state index contributed by atoms with van der Waals surface area (Å²) in [6, 6.07) is 3.72. The van der Waals surface area contributed by atoms with Crippen LogP contribution in [-0.2, 0) is 0 Å². The van der Waals surface area contributed by atoms with E-state index in [1.54, 1.807) is 0 Å². The standard InChI is InChI=1S/C10H6ClF5O2/c11-7-3-1-2-6(4-17)8(7)18-5-9(12,13)10(14,15)16/h1-4H,5H2. The molecule has 1 aromatic carbocycles. The van der Waals surface area contributed by atoms with Gasteiger partial charge < -0.3 is 4.74 Å². The van der Waals surface area contributed by atoms with Crippen LogP contribution in [0, 0.1) is 0 Å². The molecular weight excluding hydrogens is 283 g/mol. The number of hydrogen-bond acceptors (Lipinski definition) is 2. The summed E-state index contributed by atoms with van der Waals surface area (Å²) in [5, 5.41) is -0.224. The highest BCUT2D eigenvalue weighted by atomic mass is 35.5. The van der Waals surface area contributed by atoms with Crippen LogP contribution >= 0.6 is 11.6 Å². The number of ether oxygens (including phenoxy) is 1. The molecule has 0 aliphatic carbocycles. The average molecular weight is 289 g/mol. The molecule has 0 aliphatic heterocycles. The average Bonchev–Trinajstić information content (AvgIpc) is 2.25. The van der Waals surface area contributed by atoms with Gasteiger partial charge in [-0.15, -0.1) is 0 Å². The minimum absolute atomic E-state index is 0.208. The zero-order valence-electron chi connectivity index (χ0n) is 8.60. The van der Waals surface area contributed by atoms with Crippen molar-refractivity contribution in [3.63, 3.8) is 0 Å². The third kappa shape index (κ3) is 3.10. The van der Waals surface area contributed by atoms with Crippen molar-refractivity contribution >= 4 is 17.9 Å². The Morgan fingerprint density at radius 1 is 1.22 bits per heavy atom. The minimum Gasteiger partial charge on any atom is -0.485 e. The third-order valence-electron chi connectivity index (χ3n) is 1.94. The number of rotatable bonds is 4. The number of benzene rings is 1. The third-order valence-corrected chi connectivity index (χ3v) is 2.23. The molecule has 2 nitrogen and oxygen atoms in total. The normalized spacial score (nSPS) is 12.3. The molecule has 0 aliphatic rings. The highest BCUT2D eigenvalue weighted by Gasteiger charge is 2.58. The van der Waals surface area contributed by atoms with E-state index in [0.29, 0.717) is 0 Å². The van der Waals surface area contributed by atoms with E-state index in [4.69, 9.17) is 11.6 Å². The molecule has 0 heterocycles. The lowest BCUT2D eigenvalue weighted by atomic mass is 10.2. The van der Waals surface area contributed by atoms with Crippen LogP contribution in [0.3, 0.4) is 0 Å². The molecule has 0 atom stereocenters. The summed E-state index contributed by atoms with van der Waals surface area (Å²) in [5.41, 5.74) is -0.208. The summed E-state index contributed by atoms with van der Waals surface area (Å²) in [5.74, 6) is -5.52. The molecular formula is C10H6ClF5O2. The molecule has 0 amide bonds. The maximum Gasteiger partial charge on any atom is 0.456 e. The van der Waals surface area contributed by atoms with Crippen LogP contribution in [0.2, 0.25) is 5.02 Å². The maximum absolute atomic E-state index is 12.6. The van der Waals surface area contributed by atoms with E-state index in [0.717, 1.165) is 0 Å². The van der Waals surface area contributed by atoms with Crippen LogP contribution in [0.4, 0.5) is 22.0 Å². The van der Waals surface area contributed by atoms with Crippen LogP contribution in [-0.4, -0.2) is 25.0 Å². The number of alkyl halides is 5. The summed E-state index contributed by atoms with van der Waals surface area (Å²) in [7, 11) is 0. The van der Waals surface area contributed by atoms with E-state index in [2.05, 4.69) is 4.74 Å². The second kappa shape index (κ2) is 5.09. The van der Waals surface area contributed by atoms with Gasteiger partial charge in [0.05, 0.1) is 10.6 Å². The lowest BCUT2D eigenvalue weighted by Gasteiger charge is -2.20. The first-order chi connectivity index (χ1) is 8.19. The van der Waals surface area contributed by atoms with Gasteiger partial charge in [0.2, 0.25) is 0 Å². The van der Waals surface area contributed by atoms with Crippen molar-refractivity contribution in [2.45, 2.75) is 12.1 Å². The smallest absolute Gasteiger partial charge is 0.456 e. The van der Waals surface area contributed by atoms with Gasteiger partial charge in [-0.2, -0.15) is 22.0 Å². The molecule has 1 aromatic rings. The lowest BCUT2D eigenvalue weighted by molar-refractivity contribution is -0.290. The molecule has 0 radical (unpaired) electrons. The Morgan fingerprint density at radius 3 is 2.33 bits per heavy atom. The molecule has 100 valence electrons. The number of para-hydroxylation sites is 1. The van der Waals surface area contributed by atoms with E-state index >= 15 is 0 Å². The van der Waals surface area contributed by atoms with Crippen LogP contribution in [0.1, 0.15) is 10.4 Å². The van der Waals surface area contributed by atoms with Crippen molar-refractivity contribution in [1.82, 2.24) is 0 Å². The van der Waals surface area contributed by atoms with Crippen molar-refractivity contribution in [1.29, 1.82) is 0 Å². The molecule has 0 saturated carbocycles. The predicted molar refractivity (Wildman–Crippen MR) is 53.3 cm³/mol. The second-order valence-corrected chi connectivity index (χ2v) is 3.67. The van der Waals surface area contributed by atoms with Gasteiger partial charge in [0.1, 0.15) is 5.75 Å². The van der Waals surface area contributed by atoms with Crippen LogP contribution in [0.25, 0.3) is 0 Å². The SMILES string of the molecule is O=Cc1cccc(Cl)c1OCC(F)(F)C(F)(F)F. The zero-order valence-corrected chi connectivity index (χ0v) is 9.36. The van der Waals surface area contributed by atoms with Gasteiger partial charge in [0, 0.05) is 0 Å². The first kappa shape index (κ1) is 14.7. The highest BCUT2D eigenvalue weighted by molar-refractivity contribution is 6.32. The largest absolute Gasteiger partial charge is 0.485 e. The number of aldehydes is 1. The molecule has 0 bridgehead atoms. The minimum atomic E-state index is -5.73. The summed E-state index contributed by atoms with van der Waals surface area (Å²) < 4.78 is 65.2. The molecule has 0 unspecified atom stereocenters. The Balaban J connectivity index is 2.91. The zero-order chi connectivity index (χ0) is 14.0. The van der Waals surface area contributed by atoms with Gasteiger partial charge in [0.15, 0.2) is 12.9 Å². The van der Waals surface area contributed by atoms with E-state index in [9.17, 15) is 26.7 Å².